The Morgan fingerprint density at radius 3 is 2.33 bits per heavy atom. The molecule has 7 heteroatoms. The lowest BCUT2D eigenvalue weighted by atomic mass is 9.78. The molecule has 2 aromatic rings. The molecule has 3 rings (SSSR count). The van der Waals surface area contributed by atoms with Gasteiger partial charge in [0.2, 0.25) is 0 Å². The highest BCUT2D eigenvalue weighted by Gasteiger charge is 2.44. The second kappa shape index (κ2) is 6.28. The summed E-state index contributed by atoms with van der Waals surface area (Å²) < 4.78 is 0. The van der Waals surface area contributed by atoms with Crippen LogP contribution in [-0.4, -0.2) is 23.3 Å². The average Bonchev–Trinajstić information content (AvgIpc) is 2.87. The normalized spacial score (nSPS) is 20.2. The van der Waals surface area contributed by atoms with E-state index in [2.05, 4.69) is 5.10 Å². The topological polar surface area (TPSA) is 52.9 Å². The van der Waals surface area contributed by atoms with Crippen LogP contribution < -0.4 is 5.01 Å². The molecule has 1 aliphatic heterocycles. The summed E-state index contributed by atoms with van der Waals surface area (Å²) in [7, 11) is 0. The minimum absolute atomic E-state index is 0.0517. The van der Waals surface area contributed by atoms with E-state index < -0.39 is 11.4 Å². The smallest absolute Gasteiger partial charge is 0.353 e. The van der Waals surface area contributed by atoms with E-state index in [0.717, 1.165) is 5.56 Å². The van der Waals surface area contributed by atoms with E-state index in [9.17, 15) is 9.90 Å². The molecular weight excluding hydrogens is 371 g/mol. The molecule has 0 radical (unpaired) electrons. The summed E-state index contributed by atoms with van der Waals surface area (Å²) in [6.45, 7) is 2.19. The largest absolute Gasteiger partial charge is 0.477 e. The molecule has 0 fully saturated rings. The Balaban J connectivity index is 2.05. The molecular formula is C17H13Cl3N2O2. The molecule has 0 unspecified atom stereocenters. The molecule has 2 aromatic carbocycles. The Bertz CT molecular complexity index is 836. The highest BCUT2D eigenvalue weighted by molar-refractivity contribution is 6.41. The van der Waals surface area contributed by atoms with Crippen LogP contribution in [0.5, 0.6) is 0 Å². The Kier molecular flexibility index (Phi) is 4.47. The monoisotopic (exact) mass is 382 g/mol. The van der Waals surface area contributed by atoms with Gasteiger partial charge in [0.1, 0.15) is 0 Å². The van der Waals surface area contributed by atoms with Gasteiger partial charge in [0.15, 0.2) is 5.71 Å². The molecule has 0 aromatic heterocycles. The standard InChI is InChI=1S/C17H13Cl3N2O2/c1-17(10-2-4-11(18)5-3-10)9-22(21-15(17)16(23)24)14-7-6-12(19)8-13(14)20/h2-8H,9H2,1H3,(H,23,24)/t17-/m1/s1. The number of aliphatic carboxylic acids is 1. The van der Waals surface area contributed by atoms with Crippen molar-refractivity contribution in [1.29, 1.82) is 0 Å². The molecule has 1 N–H and O–H groups in total. The maximum atomic E-state index is 11.7. The number of hydrogen-bond donors (Lipinski definition) is 1. The third-order valence-corrected chi connectivity index (χ3v) is 4.87. The maximum Gasteiger partial charge on any atom is 0.353 e. The van der Waals surface area contributed by atoms with Crippen molar-refractivity contribution in [3.8, 4) is 0 Å². The fraction of sp³-hybridized carbons (Fsp3) is 0.176. The SMILES string of the molecule is C[C@]1(c2ccc(Cl)cc2)CN(c2ccc(Cl)cc2Cl)N=C1C(=O)O. The molecule has 1 heterocycles. The molecule has 124 valence electrons. The van der Waals surface area contributed by atoms with E-state index in [1.54, 1.807) is 35.3 Å². The van der Waals surface area contributed by atoms with Crippen molar-refractivity contribution in [1.82, 2.24) is 0 Å². The fourth-order valence-corrected chi connectivity index (χ4v) is 3.43. The van der Waals surface area contributed by atoms with E-state index in [1.165, 1.54) is 0 Å². The maximum absolute atomic E-state index is 11.7. The Labute approximate surface area is 154 Å². The second-order valence-electron chi connectivity index (χ2n) is 5.75. The number of anilines is 1. The molecule has 1 aliphatic rings. The number of hydrogen-bond acceptors (Lipinski definition) is 3. The van der Waals surface area contributed by atoms with Crippen molar-refractivity contribution in [3.63, 3.8) is 0 Å². The molecule has 24 heavy (non-hydrogen) atoms. The van der Waals surface area contributed by atoms with Crippen LogP contribution in [0.15, 0.2) is 47.6 Å². The van der Waals surface area contributed by atoms with Crippen LogP contribution >= 0.6 is 34.8 Å². The van der Waals surface area contributed by atoms with Gasteiger partial charge in [-0.2, -0.15) is 5.10 Å². The summed E-state index contributed by atoms with van der Waals surface area (Å²) in [6.07, 6.45) is 0. The highest BCUT2D eigenvalue weighted by atomic mass is 35.5. The van der Waals surface area contributed by atoms with Crippen LogP contribution in [0.1, 0.15) is 12.5 Å². The lowest BCUT2D eigenvalue weighted by molar-refractivity contribution is -0.129. The van der Waals surface area contributed by atoms with Crippen molar-refractivity contribution in [2.24, 2.45) is 5.10 Å². The number of carboxylic acids is 1. The lowest BCUT2D eigenvalue weighted by Crippen LogP contribution is -2.39. The van der Waals surface area contributed by atoms with Gasteiger partial charge < -0.3 is 5.11 Å². The van der Waals surface area contributed by atoms with Crippen molar-refractivity contribution < 1.29 is 9.90 Å². The van der Waals surface area contributed by atoms with E-state index in [-0.39, 0.29) is 5.71 Å². The summed E-state index contributed by atoms with van der Waals surface area (Å²) >= 11 is 18.1. The number of rotatable bonds is 3. The van der Waals surface area contributed by atoms with Crippen molar-refractivity contribution >= 4 is 52.2 Å². The van der Waals surface area contributed by atoms with Gasteiger partial charge in [-0.05, 0) is 42.8 Å². The summed E-state index contributed by atoms with van der Waals surface area (Å²) in [5.41, 5.74) is 0.688. The number of benzene rings is 2. The third kappa shape index (κ3) is 2.97. The minimum Gasteiger partial charge on any atom is -0.477 e. The zero-order chi connectivity index (χ0) is 17.5. The van der Waals surface area contributed by atoms with Gasteiger partial charge >= 0.3 is 5.97 Å². The van der Waals surface area contributed by atoms with Gasteiger partial charge in [-0.3, -0.25) is 5.01 Å². The Morgan fingerprint density at radius 1 is 1.12 bits per heavy atom. The fourth-order valence-electron chi connectivity index (χ4n) is 2.80. The van der Waals surface area contributed by atoms with Crippen LogP contribution in [0.25, 0.3) is 0 Å². The molecule has 1 atom stereocenters. The zero-order valence-electron chi connectivity index (χ0n) is 12.6. The number of nitrogens with zero attached hydrogens (tertiary/aromatic N) is 2. The van der Waals surface area contributed by atoms with Crippen LogP contribution in [-0.2, 0) is 10.2 Å². The van der Waals surface area contributed by atoms with Gasteiger partial charge in [0, 0.05) is 10.0 Å². The van der Waals surface area contributed by atoms with Gasteiger partial charge in [0.25, 0.3) is 0 Å². The van der Waals surface area contributed by atoms with Crippen LogP contribution in [0.2, 0.25) is 15.1 Å². The summed E-state index contributed by atoms with van der Waals surface area (Å²) in [5.74, 6) is -1.07. The number of halogens is 3. The molecule has 0 bridgehead atoms. The number of carbonyl (C=O) groups is 1. The molecule has 0 amide bonds. The quantitative estimate of drug-likeness (QED) is 0.823. The minimum atomic E-state index is -1.07. The molecule has 0 aliphatic carbocycles. The highest BCUT2D eigenvalue weighted by Crippen LogP contribution is 2.38. The average molecular weight is 384 g/mol. The molecule has 4 nitrogen and oxygen atoms in total. The predicted octanol–water partition coefficient (Wildman–Crippen LogP) is 4.87. The summed E-state index contributed by atoms with van der Waals surface area (Å²) in [5, 5.41) is 17.0. The van der Waals surface area contributed by atoms with Crippen LogP contribution in [0, 0.1) is 0 Å². The lowest BCUT2D eigenvalue weighted by Gasteiger charge is -2.26. The van der Waals surface area contributed by atoms with Crippen LogP contribution in [0.3, 0.4) is 0 Å². The van der Waals surface area contributed by atoms with Gasteiger partial charge in [-0.15, -0.1) is 0 Å². The number of hydrazone groups is 1. The van der Waals surface area contributed by atoms with E-state index in [1.807, 2.05) is 19.1 Å². The third-order valence-electron chi connectivity index (χ3n) is 4.08. The van der Waals surface area contributed by atoms with Crippen molar-refractivity contribution in [2.75, 3.05) is 11.6 Å². The Hall–Kier alpha value is -1.75. The van der Waals surface area contributed by atoms with Crippen molar-refractivity contribution in [3.05, 3.63) is 63.1 Å². The van der Waals surface area contributed by atoms with E-state index in [4.69, 9.17) is 34.8 Å². The van der Waals surface area contributed by atoms with E-state index in [0.29, 0.717) is 27.3 Å². The van der Waals surface area contributed by atoms with Crippen molar-refractivity contribution in [2.45, 2.75) is 12.3 Å². The van der Waals surface area contributed by atoms with Crippen LogP contribution in [0.4, 0.5) is 5.69 Å². The van der Waals surface area contributed by atoms with Gasteiger partial charge in [-0.25, -0.2) is 4.79 Å². The van der Waals surface area contributed by atoms with E-state index >= 15 is 0 Å². The molecule has 0 spiro atoms. The molecule has 0 saturated heterocycles. The Morgan fingerprint density at radius 2 is 1.75 bits per heavy atom. The first kappa shape index (κ1) is 17.1. The predicted molar refractivity (Wildman–Crippen MR) is 97.7 cm³/mol. The van der Waals surface area contributed by atoms with Gasteiger partial charge in [-0.1, -0.05) is 46.9 Å². The first-order valence-corrected chi connectivity index (χ1v) is 8.25. The second-order valence-corrected chi connectivity index (χ2v) is 7.03. The summed E-state index contributed by atoms with van der Waals surface area (Å²) in [6, 6.07) is 12.1. The molecule has 0 saturated carbocycles. The zero-order valence-corrected chi connectivity index (χ0v) is 14.9. The first-order valence-electron chi connectivity index (χ1n) is 7.12. The number of carboxylic acid groups (broad SMARTS) is 1. The van der Waals surface area contributed by atoms with Gasteiger partial charge in [0.05, 0.1) is 22.7 Å². The summed E-state index contributed by atoms with van der Waals surface area (Å²) in [4.78, 5) is 11.7. The first-order chi connectivity index (χ1) is 11.3.